The third-order valence-electron chi connectivity index (χ3n) is 2.65. The van der Waals surface area contributed by atoms with Gasteiger partial charge in [-0.05, 0) is 6.42 Å². The van der Waals surface area contributed by atoms with Crippen LogP contribution in [-0.4, -0.2) is 18.9 Å². The summed E-state index contributed by atoms with van der Waals surface area (Å²) in [5, 5.41) is 0. The van der Waals surface area contributed by atoms with Crippen molar-refractivity contribution in [3.8, 4) is 0 Å². The van der Waals surface area contributed by atoms with Crippen LogP contribution >= 0.6 is 0 Å². The summed E-state index contributed by atoms with van der Waals surface area (Å²) >= 11 is 0. The Labute approximate surface area is 92.1 Å². The molecule has 3 heteroatoms. The molecule has 0 radical (unpaired) electrons. The number of unbranched alkanes of at least 4 members (excludes halogenated alkanes) is 5. The lowest BCUT2D eigenvalue weighted by atomic mass is 10.1. The second kappa shape index (κ2) is 7.69. The number of esters is 1. The van der Waals surface area contributed by atoms with Gasteiger partial charge in [-0.2, -0.15) is 0 Å². The molecule has 1 aliphatic heterocycles. The van der Waals surface area contributed by atoms with E-state index in [2.05, 4.69) is 6.92 Å². The van der Waals surface area contributed by atoms with E-state index in [-0.39, 0.29) is 12.3 Å². The maximum absolute atomic E-state index is 11.2. The van der Waals surface area contributed by atoms with Crippen LogP contribution < -0.4 is 0 Å². The maximum Gasteiger partial charge on any atom is 0.308 e. The van der Waals surface area contributed by atoms with Gasteiger partial charge in [0.2, 0.25) is 6.29 Å². The predicted molar refractivity (Wildman–Crippen MR) is 58.4 cm³/mol. The minimum Gasteiger partial charge on any atom is -0.436 e. The molecule has 15 heavy (non-hydrogen) atoms. The predicted octanol–water partition coefficient (Wildman–Crippen LogP) is 3.03. The number of ether oxygens (including phenoxy) is 2. The average molecular weight is 214 g/mol. The van der Waals surface area contributed by atoms with E-state index in [4.69, 9.17) is 9.47 Å². The van der Waals surface area contributed by atoms with Gasteiger partial charge in [0.05, 0.1) is 6.61 Å². The summed E-state index contributed by atoms with van der Waals surface area (Å²) in [6.45, 7) is 2.94. The number of rotatable bonds is 8. The quantitative estimate of drug-likeness (QED) is 0.460. The zero-order valence-electron chi connectivity index (χ0n) is 9.67. The summed E-state index contributed by atoms with van der Waals surface area (Å²) in [7, 11) is 0. The van der Waals surface area contributed by atoms with Crippen molar-refractivity contribution < 1.29 is 14.3 Å². The summed E-state index contributed by atoms with van der Waals surface area (Å²) in [6.07, 6.45) is 8.36. The summed E-state index contributed by atoms with van der Waals surface area (Å²) in [5.41, 5.74) is 0. The topological polar surface area (TPSA) is 35.5 Å². The SMILES string of the molecule is CCCCCCCCC(=O)OC1CCO1. The van der Waals surface area contributed by atoms with Crippen LogP contribution in [0.2, 0.25) is 0 Å². The molecule has 0 aromatic carbocycles. The van der Waals surface area contributed by atoms with Crippen LogP contribution in [0.25, 0.3) is 0 Å². The second-order valence-electron chi connectivity index (χ2n) is 4.10. The monoisotopic (exact) mass is 214 g/mol. The molecule has 0 aromatic heterocycles. The average Bonchev–Trinajstić information content (AvgIpc) is 2.17. The van der Waals surface area contributed by atoms with Crippen molar-refractivity contribution in [2.75, 3.05) is 6.61 Å². The standard InChI is InChI=1S/C12H22O3/c1-2-3-4-5-6-7-8-11(13)15-12-9-10-14-12/h12H,2-10H2,1H3. The molecule has 1 rings (SSSR count). The molecular formula is C12H22O3. The Morgan fingerprint density at radius 1 is 1.27 bits per heavy atom. The van der Waals surface area contributed by atoms with Crippen LogP contribution in [0.1, 0.15) is 58.3 Å². The van der Waals surface area contributed by atoms with Gasteiger partial charge < -0.3 is 9.47 Å². The summed E-state index contributed by atoms with van der Waals surface area (Å²) in [6, 6.07) is 0. The fourth-order valence-electron chi connectivity index (χ4n) is 1.56. The van der Waals surface area contributed by atoms with Gasteiger partial charge >= 0.3 is 5.97 Å². The lowest BCUT2D eigenvalue weighted by Crippen LogP contribution is -2.31. The lowest BCUT2D eigenvalue weighted by molar-refractivity contribution is -0.216. The van der Waals surface area contributed by atoms with Gasteiger partial charge in [-0.25, -0.2) is 0 Å². The zero-order chi connectivity index (χ0) is 10.9. The Bertz CT molecular complexity index is 176. The molecule has 0 aliphatic carbocycles. The number of hydrogen-bond donors (Lipinski definition) is 0. The number of hydrogen-bond acceptors (Lipinski definition) is 3. The molecule has 0 aromatic rings. The van der Waals surface area contributed by atoms with Crippen LogP contribution in [0.5, 0.6) is 0 Å². The van der Waals surface area contributed by atoms with E-state index >= 15 is 0 Å². The van der Waals surface area contributed by atoms with Crippen LogP contribution in [0, 0.1) is 0 Å². The van der Waals surface area contributed by atoms with Crippen molar-refractivity contribution in [3.05, 3.63) is 0 Å². The van der Waals surface area contributed by atoms with Crippen molar-refractivity contribution in [1.29, 1.82) is 0 Å². The Morgan fingerprint density at radius 2 is 1.93 bits per heavy atom. The highest BCUT2D eigenvalue weighted by atomic mass is 16.7. The van der Waals surface area contributed by atoms with Crippen molar-refractivity contribution in [2.24, 2.45) is 0 Å². The summed E-state index contributed by atoms with van der Waals surface area (Å²) < 4.78 is 10.1. The van der Waals surface area contributed by atoms with E-state index in [0.717, 1.165) is 25.9 Å². The van der Waals surface area contributed by atoms with Gasteiger partial charge in [0.15, 0.2) is 0 Å². The molecule has 1 heterocycles. The molecule has 1 saturated heterocycles. The molecular weight excluding hydrogens is 192 g/mol. The first-order chi connectivity index (χ1) is 7.33. The molecule has 0 saturated carbocycles. The molecule has 0 bridgehead atoms. The first kappa shape index (κ1) is 12.5. The molecule has 88 valence electrons. The van der Waals surface area contributed by atoms with Crippen molar-refractivity contribution >= 4 is 5.97 Å². The number of carbonyl (C=O) groups is 1. The van der Waals surface area contributed by atoms with Gasteiger partial charge in [0, 0.05) is 12.8 Å². The van der Waals surface area contributed by atoms with E-state index in [1.54, 1.807) is 0 Å². The third kappa shape index (κ3) is 5.78. The molecule has 0 N–H and O–H groups in total. The molecule has 1 atom stereocenters. The first-order valence-electron chi connectivity index (χ1n) is 6.14. The van der Waals surface area contributed by atoms with E-state index < -0.39 is 0 Å². The minimum absolute atomic E-state index is 0.102. The highest BCUT2D eigenvalue weighted by molar-refractivity contribution is 5.69. The Balaban J connectivity index is 1.83. The van der Waals surface area contributed by atoms with Gasteiger partial charge in [-0.1, -0.05) is 39.0 Å². The van der Waals surface area contributed by atoms with Crippen molar-refractivity contribution in [2.45, 2.75) is 64.6 Å². The Hall–Kier alpha value is -0.570. The van der Waals surface area contributed by atoms with Crippen LogP contribution in [0.15, 0.2) is 0 Å². The van der Waals surface area contributed by atoms with Crippen LogP contribution in [0.4, 0.5) is 0 Å². The van der Waals surface area contributed by atoms with E-state index in [9.17, 15) is 4.79 Å². The van der Waals surface area contributed by atoms with Gasteiger partial charge in [-0.15, -0.1) is 0 Å². The molecule has 0 spiro atoms. The van der Waals surface area contributed by atoms with Crippen LogP contribution in [0.3, 0.4) is 0 Å². The fraction of sp³-hybridized carbons (Fsp3) is 0.917. The molecule has 0 amide bonds. The van der Waals surface area contributed by atoms with E-state index in [1.165, 1.54) is 25.7 Å². The third-order valence-corrected chi connectivity index (χ3v) is 2.65. The lowest BCUT2D eigenvalue weighted by Gasteiger charge is -2.25. The van der Waals surface area contributed by atoms with E-state index in [1.807, 2.05) is 0 Å². The molecule has 1 aliphatic rings. The van der Waals surface area contributed by atoms with Crippen LogP contribution in [-0.2, 0) is 14.3 Å². The summed E-state index contributed by atoms with van der Waals surface area (Å²) in [4.78, 5) is 11.2. The Kier molecular flexibility index (Phi) is 6.41. The van der Waals surface area contributed by atoms with Gasteiger partial charge in [0.25, 0.3) is 0 Å². The van der Waals surface area contributed by atoms with Gasteiger partial charge in [0.1, 0.15) is 0 Å². The van der Waals surface area contributed by atoms with Gasteiger partial charge in [-0.3, -0.25) is 4.79 Å². The van der Waals surface area contributed by atoms with Crippen molar-refractivity contribution in [3.63, 3.8) is 0 Å². The first-order valence-corrected chi connectivity index (χ1v) is 6.14. The normalized spacial score (nSPS) is 19.7. The highest BCUT2D eigenvalue weighted by Gasteiger charge is 2.21. The maximum atomic E-state index is 11.2. The number of carbonyl (C=O) groups excluding carboxylic acids is 1. The molecule has 1 unspecified atom stereocenters. The van der Waals surface area contributed by atoms with Crippen molar-refractivity contribution in [1.82, 2.24) is 0 Å². The minimum atomic E-state index is -0.238. The highest BCUT2D eigenvalue weighted by Crippen LogP contribution is 2.14. The molecule has 1 fully saturated rings. The largest absolute Gasteiger partial charge is 0.436 e. The Morgan fingerprint density at radius 3 is 2.53 bits per heavy atom. The molecule has 3 nitrogen and oxygen atoms in total. The smallest absolute Gasteiger partial charge is 0.308 e. The second-order valence-corrected chi connectivity index (χ2v) is 4.10. The summed E-state index contributed by atoms with van der Waals surface area (Å²) in [5.74, 6) is -0.102. The fourth-order valence-corrected chi connectivity index (χ4v) is 1.56. The van der Waals surface area contributed by atoms with E-state index in [0.29, 0.717) is 6.42 Å². The zero-order valence-corrected chi connectivity index (χ0v) is 9.67.